The fourth-order valence-corrected chi connectivity index (χ4v) is 6.59. The molecular weight excluding hydrogens is 422 g/mol. The summed E-state index contributed by atoms with van der Waals surface area (Å²) in [7, 11) is 1.80. The molecule has 4 fully saturated rings. The van der Waals surface area contributed by atoms with Crippen LogP contribution in [-0.4, -0.2) is 81.7 Å². The van der Waals surface area contributed by atoms with Crippen LogP contribution in [0.1, 0.15) is 58.3 Å². The summed E-state index contributed by atoms with van der Waals surface area (Å²) in [4.78, 5) is 27.1. The van der Waals surface area contributed by atoms with Crippen molar-refractivity contribution in [2.75, 3.05) is 46.6 Å². The van der Waals surface area contributed by atoms with Crippen molar-refractivity contribution < 1.29 is 23.8 Å². The number of amides is 1. The topological polar surface area (TPSA) is 89.1 Å². The Morgan fingerprint density at radius 3 is 2.73 bits per heavy atom. The largest absolute Gasteiger partial charge is 0.462 e. The maximum atomic E-state index is 12.5. The van der Waals surface area contributed by atoms with Gasteiger partial charge in [-0.15, -0.1) is 0 Å². The predicted molar refractivity (Wildman–Crippen MR) is 124 cm³/mol. The third-order valence-corrected chi connectivity index (χ3v) is 8.53. The van der Waals surface area contributed by atoms with E-state index in [1.165, 1.54) is 0 Å². The van der Waals surface area contributed by atoms with Crippen LogP contribution in [0.4, 0.5) is 0 Å². The molecule has 0 aromatic carbocycles. The standard InChI is InChI=1S/C25H43N3O5/c1-17-22(32-15-23(29)27-10-3-12-28-13-11-26-16-28)9-8-20-21(14-24(30)33-25(17)20)18-4-6-19(31-2)7-5-18/h17-22,25-26H,3-16H2,1-2H3,(H,27,29). The van der Waals surface area contributed by atoms with Crippen LogP contribution in [0, 0.1) is 23.7 Å². The number of hydrogen-bond acceptors (Lipinski definition) is 7. The fourth-order valence-electron chi connectivity index (χ4n) is 6.59. The Labute approximate surface area is 198 Å². The first-order chi connectivity index (χ1) is 16.0. The van der Waals surface area contributed by atoms with E-state index in [1.54, 1.807) is 7.11 Å². The molecule has 2 aliphatic carbocycles. The van der Waals surface area contributed by atoms with Crippen LogP contribution in [0.15, 0.2) is 0 Å². The van der Waals surface area contributed by atoms with Gasteiger partial charge in [-0.25, -0.2) is 0 Å². The van der Waals surface area contributed by atoms with Gasteiger partial charge in [-0.2, -0.15) is 0 Å². The quantitative estimate of drug-likeness (QED) is 0.397. The van der Waals surface area contributed by atoms with Gasteiger partial charge in [0, 0.05) is 58.2 Å². The van der Waals surface area contributed by atoms with Gasteiger partial charge in [0.2, 0.25) is 5.91 Å². The zero-order valence-electron chi connectivity index (χ0n) is 20.4. The van der Waals surface area contributed by atoms with E-state index in [0.29, 0.717) is 36.8 Å². The van der Waals surface area contributed by atoms with E-state index in [2.05, 4.69) is 22.5 Å². The number of nitrogens with zero attached hydrogens (tertiary/aromatic N) is 1. The Morgan fingerprint density at radius 2 is 2.00 bits per heavy atom. The molecule has 0 aromatic heterocycles. The summed E-state index contributed by atoms with van der Waals surface area (Å²) in [5, 5.41) is 6.29. The van der Waals surface area contributed by atoms with Crippen molar-refractivity contribution in [1.82, 2.24) is 15.5 Å². The van der Waals surface area contributed by atoms with Gasteiger partial charge < -0.3 is 24.8 Å². The summed E-state index contributed by atoms with van der Waals surface area (Å²) in [6.45, 7) is 6.95. The van der Waals surface area contributed by atoms with E-state index < -0.39 is 0 Å². The van der Waals surface area contributed by atoms with Crippen molar-refractivity contribution >= 4 is 11.9 Å². The number of carbonyl (C=O) groups is 2. The molecule has 0 radical (unpaired) electrons. The van der Waals surface area contributed by atoms with Crippen LogP contribution in [-0.2, 0) is 23.8 Å². The molecule has 188 valence electrons. The molecule has 5 unspecified atom stereocenters. The van der Waals surface area contributed by atoms with Crippen molar-refractivity contribution in [1.29, 1.82) is 0 Å². The molecule has 8 nitrogen and oxygen atoms in total. The molecule has 4 aliphatic rings. The zero-order chi connectivity index (χ0) is 23.2. The molecule has 2 saturated carbocycles. The Balaban J connectivity index is 1.21. The highest BCUT2D eigenvalue weighted by Crippen LogP contribution is 2.47. The van der Waals surface area contributed by atoms with Crippen molar-refractivity contribution in [2.24, 2.45) is 23.7 Å². The second-order valence-electron chi connectivity index (χ2n) is 10.5. The smallest absolute Gasteiger partial charge is 0.306 e. The second-order valence-corrected chi connectivity index (χ2v) is 10.5. The molecule has 4 rings (SSSR count). The van der Waals surface area contributed by atoms with Gasteiger partial charge in [0.05, 0.1) is 12.2 Å². The third-order valence-electron chi connectivity index (χ3n) is 8.53. The number of carbonyl (C=O) groups excluding carboxylic acids is 2. The Hall–Kier alpha value is -1.22. The van der Waals surface area contributed by atoms with Crippen LogP contribution in [0.25, 0.3) is 0 Å². The van der Waals surface area contributed by atoms with Gasteiger partial charge in [-0.3, -0.25) is 14.5 Å². The van der Waals surface area contributed by atoms with E-state index in [4.69, 9.17) is 14.2 Å². The molecule has 0 spiro atoms. The van der Waals surface area contributed by atoms with E-state index in [9.17, 15) is 9.59 Å². The molecule has 2 aliphatic heterocycles. The van der Waals surface area contributed by atoms with E-state index in [-0.39, 0.29) is 36.6 Å². The number of rotatable bonds is 9. The molecule has 33 heavy (non-hydrogen) atoms. The average Bonchev–Trinajstić information content (AvgIpc) is 3.35. The molecular formula is C25H43N3O5. The molecule has 1 amide bonds. The second kappa shape index (κ2) is 12.0. The van der Waals surface area contributed by atoms with Crippen LogP contribution in [0.5, 0.6) is 0 Å². The van der Waals surface area contributed by atoms with Crippen molar-refractivity contribution in [2.45, 2.75) is 76.6 Å². The maximum Gasteiger partial charge on any atom is 0.306 e. The molecule has 2 heterocycles. The van der Waals surface area contributed by atoms with Crippen molar-refractivity contribution in [3.63, 3.8) is 0 Å². The lowest BCUT2D eigenvalue weighted by molar-refractivity contribution is -0.186. The number of esters is 1. The third kappa shape index (κ3) is 6.47. The van der Waals surface area contributed by atoms with Crippen LogP contribution in [0.3, 0.4) is 0 Å². The summed E-state index contributed by atoms with van der Waals surface area (Å²) in [6.07, 6.45) is 8.15. The summed E-state index contributed by atoms with van der Waals surface area (Å²) < 4.78 is 17.5. The number of ether oxygens (including phenoxy) is 3. The minimum Gasteiger partial charge on any atom is -0.462 e. The van der Waals surface area contributed by atoms with E-state index in [1.807, 2.05) is 0 Å². The van der Waals surface area contributed by atoms with E-state index in [0.717, 1.165) is 71.2 Å². The summed E-state index contributed by atoms with van der Waals surface area (Å²) >= 11 is 0. The summed E-state index contributed by atoms with van der Waals surface area (Å²) in [5.74, 6) is 1.40. The molecule has 8 heteroatoms. The van der Waals surface area contributed by atoms with Gasteiger partial charge in [-0.05, 0) is 56.8 Å². The Kier molecular flexibility index (Phi) is 9.02. The number of hydrogen-bond donors (Lipinski definition) is 2. The first-order valence-corrected chi connectivity index (χ1v) is 13.1. The highest BCUT2D eigenvalue weighted by atomic mass is 16.6. The zero-order valence-corrected chi connectivity index (χ0v) is 20.4. The number of fused-ring (bicyclic) bond motifs is 1. The van der Waals surface area contributed by atoms with Gasteiger partial charge in [0.15, 0.2) is 0 Å². The monoisotopic (exact) mass is 465 g/mol. The van der Waals surface area contributed by atoms with E-state index >= 15 is 0 Å². The maximum absolute atomic E-state index is 12.5. The lowest BCUT2D eigenvalue weighted by Gasteiger charge is -2.49. The van der Waals surface area contributed by atoms with Gasteiger partial charge in [-0.1, -0.05) is 6.92 Å². The molecule has 2 N–H and O–H groups in total. The number of methoxy groups -OCH3 is 1. The lowest BCUT2D eigenvalue weighted by atomic mass is 9.63. The fraction of sp³-hybridized carbons (Fsp3) is 0.920. The van der Waals surface area contributed by atoms with Gasteiger partial charge in [0.25, 0.3) is 0 Å². The molecule has 5 atom stereocenters. The first-order valence-electron chi connectivity index (χ1n) is 13.1. The van der Waals surface area contributed by atoms with Crippen molar-refractivity contribution in [3.05, 3.63) is 0 Å². The van der Waals surface area contributed by atoms with Crippen LogP contribution in [0.2, 0.25) is 0 Å². The average molecular weight is 466 g/mol. The van der Waals surface area contributed by atoms with Gasteiger partial charge in [0.1, 0.15) is 12.7 Å². The molecule has 0 aromatic rings. The summed E-state index contributed by atoms with van der Waals surface area (Å²) in [5.41, 5.74) is 0. The summed E-state index contributed by atoms with van der Waals surface area (Å²) in [6, 6.07) is 0. The van der Waals surface area contributed by atoms with Crippen LogP contribution < -0.4 is 10.6 Å². The first kappa shape index (κ1) is 24.9. The Bertz CT molecular complexity index is 648. The lowest BCUT2D eigenvalue weighted by Crippen LogP contribution is -2.52. The molecule has 2 saturated heterocycles. The van der Waals surface area contributed by atoms with Gasteiger partial charge >= 0.3 is 5.97 Å². The van der Waals surface area contributed by atoms with Crippen molar-refractivity contribution in [3.8, 4) is 0 Å². The highest BCUT2D eigenvalue weighted by Gasteiger charge is 2.49. The number of nitrogens with one attached hydrogen (secondary N) is 2. The predicted octanol–water partition coefficient (Wildman–Crippen LogP) is 1.92. The highest BCUT2D eigenvalue weighted by molar-refractivity contribution is 5.77. The normalized spacial score (nSPS) is 37.4. The Morgan fingerprint density at radius 1 is 1.18 bits per heavy atom. The SMILES string of the molecule is COC1CCC(C2CC(=O)OC3C(C)C(OCC(=O)NCCCN4CCNC4)CCC23)CC1. The molecule has 0 bridgehead atoms. The minimum atomic E-state index is -0.0905. The minimum absolute atomic E-state index is 0.0385. The van der Waals surface area contributed by atoms with Crippen LogP contribution >= 0.6 is 0 Å².